The minimum Gasteiger partial charge on any atom is -0.494 e. The van der Waals surface area contributed by atoms with Gasteiger partial charge >= 0.3 is 6.09 Å². The largest absolute Gasteiger partial charge is 0.494 e. The number of halogens is 2. The predicted molar refractivity (Wildman–Crippen MR) is 141 cm³/mol. The number of anilines is 1. The van der Waals surface area contributed by atoms with Crippen LogP contribution in [0.25, 0.3) is 10.9 Å². The van der Waals surface area contributed by atoms with Gasteiger partial charge in [-0.25, -0.2) is 9.78 Å². The van der Waals surface area contributed by atoms with Crippen LogP contribution in [0.15, 0.2) is 48.5 Å². The highest BCUT2D eigenvalue weighted by molar-refractivity contribution is 6.43. The van der Waals surface area contributed by atoms with Gasteiger partial charge in [0.25, 0.3) is 0 Å². The van der Waals surface area contributed by atoms with Crippen molar-refractivity contribution in [2.24, 2.45) is 0 Å². The molecule has 0 saturated carbocycles. The van der Waals surface area contributed by atoms with Crippen molar-refractivity contribution in [3.8, 4) is 11.6 Å². The van der Waals surface area contributed by atoms with Gasteiger partial charge in [-0.3, -0.25) is 4.90 Å². The number of carbonyl (C=O) groups is 1. The van der Waals surface area contributed by atoms with Gasteiger partial charge in [0.05, 0.1) is 27.9 Å². The summed E-state index contributed by atoms with van der Waals surface area (Å²) in [5.41, 5.74) is 1.74. The molecule has 2 aromatic carbocycles. The van der Waals surface area contributed by atoms with E-state index in [0.29, 0.717) is 16.7 Å². The maximum Gasteiger partial charge on any atom is 0.416 e. The molecule has 186 valence electrons. The van der Waals surface area contributed by atoms with E-state index in [-0.39, 0.29) is 5.88 Å². The molecule has 4 rings (SSSR count). The predicted octanol–water partition coefficient (Wildman–Crippen LogP) is 5.58. The number of carbonyl (C=O) groups excluding carboxylic acids is 1. The smallest absolute Gasteiger partial charge is 0.416 e. The SMILES string of the molecule is CN(C)C(=O)Oc1ccc2ccc(OCCCCN3CCN(c4cccc(Cl)c4Cl)CC3)cc2n1. The molecule has 35 heavy (non-hydrogen) atoms. The maximum atomic E-state index is 11.8. The Kier molecular flexibility index (Phi) is 8.55. The highest BCUT2D eigenvalue weighted by atomic mass is 35.5. The van der Waals surface area contributed by atoms with Gasteiger partial charge in [-0.15, -0.1) is 0 Å². The molecule has 0 unspecified atom stereocenters. The number of rotatable bonds is 8. The number of amides is 1. The van der Waals surface area contributed by atoms with E-state index in [0.717, 1.165) is 67.9 Å². The molecule has 2 heterocycles. The topological polar surface area (TPSA) is 58.1 Å². The molecule has 0 bridgehead atoms. The van der Waals surface area contributed by atoms with Gasteiger partial charge in [0.1, 0.15) is 5.75 Å². The lowest BCUT2D eigenvalue weighted by Crippen LogP contribution is -2.46. The van der Waals surface area contributed by atoms with Crippen LogP contribution in [0.1, 0.15) is 12.8 Å². The Labute approximate surface area is 216 Å². The fourth-order valence-corrected chi connectivity index (χ4v) is 4.40. The van der Waals surface area contributed by atoms with Crippen molar-refractivity contribution >= 4 is 45.9 Å². The number of hydrogen-bond acceptors (Lipinski definition) is 6. The van der Waals surface area contributed by atoms with E-state index >= 15 is 0 Å². The van der Waals surface area contributed by atoms with Gasteiger partial charge in [0.15, 0.2) is 0 Å². The average molecular weight is 517 g/mol. The Morgan fingerprint density at radius 2 is 1.80 bits per heavy atom. The zero-order chi connectivity index (χ0) is 24.8. The molecule has 1 aromatic heterocycles. The van der Waals surface area contributed by atoms with E-state index in [2.05, 4.69) is 14.8 Å². The molecule has 1 aliphatic rings. The lowest BCUT2D eigenvalue weighted by Gasteiger charge is -2.36. The molecule has 1 amide bonds. The van der Waals surface area contributed by atoms with E-state index in [1.54, 1.807) is 20.2 Å². The Hall–Kier alpha value is -2.74. The number of hydrogen-bond donors (Lipinski definition) is 0. The van der Waals surface area contributed by atoms with Gasteiger partial charge in [-0.05, 0) is 49.7 Å². The maximum absolute atomic E-state index is 11.8. The number of benzene rings is 2. The van der Waals surface area contributed by atoms with Crippen molar-refractivity contribution in [3.63, 3.8) is 0 Å². The summed E-state index contributed by atoms with van der Waals surface area (Å²) < 4.78 is 11.2. The number of piperazine rings is 1. The van der Waals surface area contributed by atoms with Gasteiger partial charge in [-0.1, -0.05) is 29.3 Å². The second kappa shape index (κ2) is 11.8. The zero-order valence-electron chi connectivity index (χ0n) is 20.0. The first kappa shape index (κ1) is 25.4. The Balaban J connectivity index is 1.19. The Bertz CT molecular complexity index is 1170. The lowest BCUT2D eigenvalue weighted by molar-refractivity contribution is 0.170. The van der Waals surface area contributed by atoms with Crippen LogP contribution in [0.3, 0.4) is 0 Å². The first-order valence-electron chi connectivity index (χ1n) is 11.7. The van der Waals surface area contributed by atoms with Crippen LogP contribution in [0.5, 0.6) is 11.6 Å². The van der Waals surface area contributed by atoms with Crippen molar-refractivity contribution in [1.82, 2.24) is 14.8 Å². The van der Waals surface area contributed by atoms with Gasteiger partial charge in [0.2, 0.25) is 5.88 Å². The Morgan fingerprint density at radius 1 is 1.03 bits per heavy atom. The summed E-state index contributed by atoms with van der Waals surface area (Å²) in [6.45, 7) is 5.56. The normalized spacial score (nSPS) is 14.2. The third-order valence-electron chi connectivity index (χ3n) is 5.98. The summed E-state index contributed by atoms with van der Waals surface area (Å²) in [7, 11) is 3.26. The summed E-state index contributed by atoms with van der Waals surface area (Å²) in [4.78, 5) is 22.3. The average Bonchev–Trinajstić information content (AvgIpc) is 2.85. The van der Waals surface area contributed by atoms with E-state index in [1.165, 1.54) is 4.90 Å². The second-order valence-corrected chi connectivity index (χ2v) is 9.51. The van der Waals surface area contributed by atoms with Crippen molar-refractivity contribution < 1.29 is 14.3 Å². The molecule has 0 radical (unpaired) electrons. The van der Waals surface area contributed by atoms with Crippen LogP contribution in [-0.2, 0) is 0 Å². The van der Waals surface area contributed by atoms with Crippen LogP contribution in [-0.4, -0.2) is 74.3 Å². The molecule has 1 aliphatic heterocycles. The van der Waals surface area contributed by atoms with Crippen LogP contribution >= 0.6 is 23.2 Å². The summed E-state index contributed by atoms with van der Waals surface area (Å²) >= 11 is 12.5. The number of fused-ring (bicyclic) bond motifs is 1. The third kappa shape index (κ3) is 6.69. The zero-order valence-corrected chi connectivity index (χ0v) is 21.6. The molecule has 0 atom stereocenters. The first-order chi connectivity index (χ1) is 16.9. The minimum atomic E-state index is -0.459. The first-order valence-corrected chi connectivity index (χ1v) is 12.5. The van der Waals surface area contributed by atoms with Crippen LogP contribution in [0.4, 0.5) is 10.5 Å². The molecule has 1 saturated heterocycles. The number of ether oxygens (including phenoxy) is 2. The number of aromatic nitrogens is 1. The highest BCUT2D eigenvalue weighted by Crippen LogP contribution is 2.33. The summed E-state index contributed by atoms with van der Waals surface area (Å²) in [5.74, 6) is 1.03. The van der Waals surface area contributed by atoms with Crippen molar-refractivity contribution in [2.75, 3.05) is 58.3 Å². The number of nitrogens with zero attached hydrogens (tertiary/aromatic N) is 4. The van der Waals surface area contributed by atoms with Crippen molar-refractivity contribution in [3.05, 3.63) is 58.6 Å². The second-order valence-electron chi connectivity index (χ2n) is 8.72. The molecule has 1 fully saturated rings. The molecular formula is C26H30Cl2N4O3. The molecule has 3 aromatic rings. The quantitative estimate of drug-likeness (QED) is 0.364. The molecule has 0 N–H and O–H groups in total. The summed E-state index contributed by atoms with van der Waals surface area (Å²) in [5, 5.41) is 2.19. The molecular weight excluding hydrogens is 487 g/mol. The molecule has 0 spiro atoms. The fourth-order valence-electron chi connectivity index (χ4n) is 3.98. The van der Waals surface area contributed by atoms with Crippen LogP contribution < -0.4 is 14.4 Å². The molecule has 7 nitrogen and oxygen atoms in total. The summed E-state index contributed by atoms with van der Waals surface area (Å²) in [6, 6.07) is 15.1. The van der Waals surface area contributed by atoms with Gasteiger partial charge in [-0.2, -0.15) is 0 Å². The van der Waals surface area contributed by atoms with Gasteiger partial charge in [0, 0.05) is 57.8 Å². The third-order valence-corrected chi connectivity index (χ3v) is 6.79. The number of pyridine rings is 1. The minimum absolute atomic E-state index is 0.270. The molecule has 0 aliphatic carbocycles. The van der Waals surface area contributed by atoms with E-state index < -0.39 is 6.09 Å². The van der Waals surface area contributed by atoms with Crippen molar-refractivity contribution in [2.45, 2.75) is 12.8 Å². The number of unbranched alkanes of at least 4 members (excludes halogenated alkanes) is 1. The van der Waals surface area contributed by atoms with Gasteiger partial charge < -0.3 is 19.3 Å². The fraction of sp³-hybridized carbons (Fsp3) is 0.385. The summed E-state index contributed by atoms with van der Waals surface area (Å²) in [6.07, 6.45) is 1.57. The molecule has 9 heteroatoms. The van der Waals surface area contributed by atoms with Crippen LogP contribution in [0, 0.1) is 0 Å². The standard InChI is InChI=1S/C26H30Cl2N4O3/c1-30(2)26(33)35-24-11-9-19-8-10-20(18-22(19)29-24)34-17-4-3-12-31-13-15-32(16-14-31)23-7-5-6-21(27)25(23)28/h5-11,18H,3-4,12-17H2,1-2H3. The van der Waals surface area contributed by atoms with E-state index in [4.69, 9.17) is 32.7 Å². The van der Waals surface area contributed by atoms with Crippen molar-refractivity contribution in [1.29, 1.82) is 0 Å². The lowest BCUT2D eigenvalue weighted by atomic mass is 10.2. The van der Waals surface area contributed by atoms with Crippen LogP contribution in [0.2, 0.25) is 10.0 Å². The Morgan fingerprint density at radius 3 is 2.57 bits per heavy atom. The van der Waals surface area contributed by atoms with E-state index in [1.807, 2.05) is 42.5 Å². The monoisotopic (exact) mass is 516 g/mol. The highest BCUT2D eigenvalue weighted by Gasteiger charge is 2.19. The van der Waals surface area contributed by atoms with E-state index in [9.17, 15) is 4.79 Å².